The fraction of sp³-hybridized carbons (Fsp3) is 0.316. The monoisotopic (exact) mass is 446 g/mol. The predicted molar refractivity (Wildman–Crippen MR) is 116 cm³/mol. The van der Waals surface area contributed by atoms with Crippen LogP contribution in [-0.2, 0) is 16.0 Å². The van der Waals surface area contributed by atoms with Crippen molar-refractivity contribution in [3.8, 4) is 0 Å². The highest BCUT2D eigenvalue weighted by atomic mass is 32.2. The first kappa shape index (κ1) is 20.0. The number of nitro groups is 1. The van der Waals surface area contributed by atoms with Gasteiger partial charge in [0.2, 0.25) is 11.0 Å². The van der Waals surface area contributed by atoms with Crippen molar-refractivity contribution < 1.29 is 9.72 Å². The van der Waals surface area contributed by atoms with Gasteiger partial charge in [0.25, 0.3) is 5.69 Å². The van der Waals surface area contributed by atoms with Crippen LogP contribution >= 0.6 is 34.4 Å². The molecule has 0 unspecified atom stereocenters. The molecule has 7 nitrogen and oxygen atoms in total. The number of non-ortho nitro benzene ring substituents is 1. The molecule has 1 N–H and O–H groups in total. The number of nitro benzene ring substituents is 1. The second kappa shape index (κ2) is 8.60. The highest BCUT2D eigenvalue weighted by molar-refractivity contribution is 8.00. The second-order valence-electron chi connectivity index (χ2n) is 6.81. The molecular weight excluding hydrogens is 428 g/mol. The van der Waals surface area contributed by atoms with E-state index < -0.39 is 10.3 Å². The summed E-state index contributed by atoms with van der Waals surface area (Å²) in [5.74, 6) is 0.625. The average molecular weight is 447 g/mol. The van der Waals surface area contributed by atoms with E-state index in [0.717, 1.165) is 40.5 Å². The summed E-state index contributed by atoms with van der Waals surface area (Å²) in [5.41, 5.74) is 0.585. The number of rotatable bonds is 7. The number of anilines is 1. The summed E-state index contributed by atoms with van der Waals surface area (Å²) in [5, 5.41) is 24.5. The van der Waals surface area contributed by atoms with E-state index in [1.54, 1.807) is 23.5 Å². The number of amides is 1. The molecule has 0 saturated heterocycles. The molecule has 0 aliphatic heterocycles. The van der Waals surface area contributed by atoms with Crippen molar-refractivity contribution in [2.45, 2.75) is 41.2 Å². The van der Waals surface area contributed by atoms with E-state index in [1.807, 2.05) is 17.5 Å². The lowest BCUT2D eigenvalue weighted by Gasteiger charge is -2.25. The molecule has 0 radical (unpaired) electrons. The smallest absolute Gasteiger partial charge is 0.269 e. The molecule has 1 saturated carbocycles. The number of aromatic nitrogens is 2. The van der Waals surface area contributed by atoms with Gasteiger partial charge in [0.15, 0.2) is 4.34 Å². The lowest BCUT2D eigenvalue weighted by atomic mass is 9.83. The summed E-state index contributed by atoms with van der Waals surface area (Å²) in [4.78, 5) is 24.5. The summed E-state index contributed by atoms with van der Waals surface area (Å²) in [6.07, 6.45) is 3.83. The molecule has 1 fully saturated rings. The van der Waals surface area contributed by atoms with Gasteiger partial charge >= 0.3 is 0 Å². The first-order valence-corrected chi connectivity index (χ1v) is 11.8. The Hall–Kier alpha value is -2.30. The molecule has 0 bridgehead atoms. The first-order chi connectivity index (χ1) is 14.1. The van der Waals surface area contributed by atoms with Gasteiger partial charge < -0.3 is 0 Å². The largest absolute Gasteiger partial charge is 0.300 e. The zero-order valence-corrected chi connectivity index (χ0v) is 17.8. The third kappa shape index (κ3) is 4.34. The van der Waals surface area contributed by atoms with Crippen LogP contribution in [0.4, 0.5) is 10.8 Å². The average Bonchev–Trinajstić information content (AvgIpc) is 3.47. The summed E-state index contributed by atoms with van der Waals surface area (Å²) in [6.45, 7) is 0. The van der Waals surface area contributed by atoms with E-state index in [-0.39, 0.29) is 11.6 Å². The Morgan fingerprint density at radius 3 is 2.62 bits per heavy atom. The van der Waals surface area contributed by atoms with Crippen molar-refractivity contribution in [3.05, 3.63) is 62.3 Å². The van der Waals surface area contributed by atoms with Gasteiger partial charge in [-0.2, -0.15) is 0 Å². The quantitative estimate of drug-likeness (QED) is 0.230. The lowest BCUT2D eigenvalue weighted by Crippen LogP contribution is -2.37. The fourth-order valence-electron chi connectivity index (χ4n) is 3.51. The topological polar surface area (TPSA) is 98.0 Å². The molecule has 4 rings (SSSR count). The first-order valence-electron chi connectivity index (χ1n) is 9.12. The minimum atomic E-state index is -0.452. The maximum absolute atomic E-state index is 13.1. The van der Waals surface area contributed by atoms with E-state index in [0.29, 0.717) is 10.9 Å². The van der Waals surface area contributed by atoms with Gasteiger partial charge in [-0.25, -0.2) is 0 Å². The van der Waals surface area contributed by atoms with Crippen LogP contribution in [0, 0.1) is 10.1 Å². The molecule has 1 aromatic carbocycles. The number of hydrogen-bond acceptors (Lipinski definition) is 8. The Balaban J connectivity index is 1.39. The Morgan fingerprint density at radius 1 is 1.21 bits per heavy atom. The van der Waals surface area contributed by atoms with Crippen molar-refractivity contribution in [2.24, 2.45) is 0 Å². The van der Waals surface area contributed by atoms with Crippen molar-refractivity contribution >= 4 is 51.2 Å². The van der Waals surface area contributed by atoms with Crippen LogP contribution in [0.5, 0.6) is 0 Å². The van der Waals surface area contributed by atoms with Crippen molar-refractivity contribution in [3.63, 3.8) is 0 Å². The van der Waals surface area contributed by atoms with Crippen LogP contribution in [0.2, 0.25) is 0 Å². The second-order valence-corrected chi connectivity index (χ2v) is 9.95. The summed E-state index contributed by atoms with van der Waals surface area (Å²) < 4.78 is 0.746. The van der Waals surface area contributed by atoms with Crippen LogP contribution in [0.15, 0.2) is 46.1 Å². The molecule has 3 aromatic rings. The number of nitrogens with one attached hydrogen (secondary N) is 1. The molecule has 1 aliphatic carbocycles. The Kier molecular flexibility index (Phi) is 5.93. The normalized spacial score (nSPS) is 15.3. The van der Waals surface area contributed by atoms with Crippen LogP contribution in [0.25, 0.3) is 0 Å². The number of hydrogen-bond donors (Lipinski definition) is 1. The Morgan fingerprint density at radius 2 is 1.97 bits per heavy atom. The molecular formula is C19H18N4O3S3. The van der Waals surface area contributed by atoms with Crippen LogP contribution in [0.3, 0.4) is 0 Å². The zero-order valence-electron chi connectivity index (χ0n) is 15.4. The third-order valence-corrected chi connectivity index (χ3v) is 8.14. The summed E-state index contributed by atoms with van der Waals surface area (Å²) in [6, 6.07) is 10.5. The molecule has 1 amide bonds. The van der Waals surface area contributed by atoms with E-state index in [4.69, 9.17) is 0 Å². The molecule has 1 aliphatic rings. The molecule has 10 heteroatoms. The predicted octanol–water partition coefficient (Wildman–Crippen LogP) is 5.25. The van der Waals surface area contributed by atoms with Crippen molar-refractivity contribution in [1.82, 2.24) is 10.2 Å². The number of carbonyl (C=O) groups is 1. The molecule has 29 heavy (non-hydrogen) atoms. The van der Waals surface area contributed by atoms with Gasteiger partial charge in [-0.15, -0.1) is 21.5 Å². The SMILES string of the molecule is O=C(Nc1nnc(SCc2ccc([N+](=O)[O-])cc2)s1)C1(c2cccs2)CCCC1. The molecule has 150 valence electrons. The van der Waals surface area contributed by atoms with Gasteiger partial charge in [0.1, 0.15) is 0 Å². The Labute approximate surface area is 179 Å². The molecule has 0 spiro atoms. The van der Waals surface area contributed by atoms with Gasteiger partial charge in [-0.3, -0.25) is 20.2 Å². The van der Waals surface area contributed by atoms with Gasteiger partial charge in [0.05, 0.1) is 10.3 Å². The number of thiophene rings is 1. The standard InChI is InChI=1S/C19H18N4O3S3/c24-16(19(9-1-2-10-19)15-4-3-11-27-15)20-17-21-22-18(29-17)28-12-13-5-7-14(8-6-13)23(25)26/h3-8,11H,1-2,9-10,12H2,(H,20,21,24). The van der Waals surface area contributed by atoms with Crippen LogP contribution < -0.4 is 5.32 Å². The van der Waals surface area contributed by atoms with E-state index in [9.17, 15) is 14.9 Å². The minimum absolute atomic E-state index is 0.000480. The highest BCUT2D eigenvalue weighted by Gasteiger charge is 2.43. The van der Waals surface area contributed by atoms with Crippen molar-refractivity contribution in [1.29, 1.82) is 0 Å². The summed E-state index contributed by atoms with van der Waals surface area (Å²) in [7, 11) is 0. The number of benzene rings is 1. The van der Waals surface area contributed by atoms with Gasteiger partial charge in [-0.1, -0.05) is 54.1 Å². The Bertz CT molecular complexity index is 996. The third-order valence-electron chi connectivity index (χ3n) is 5.02. The number of nitrogens with zero attached hydrogens (tertiary/aromatic N) is 3. The maximum Gasteiger partial charge on any atom is 0.269 e. The number of carbonyl (C=O) groups excluding carboxylic acids is 1. The van der Waals surface area contributed by atoms with E-state index in [2.05, 4.69) is 15.5 Å². The van der Waals surface area contributed by atoms with E-state index >= 15 is 0 Å². The lowest BCUT2D eigenvalue weighted by molar-refractivity contribution is -0.384. The van der Waals surface area contributed by atoms with Crippen LogP contribution in [-0.4, -0.2) is 21.0 Å². The fourth-order valence-corrected chi connectivity index (χ4v) is 6.20. The van der Waals surface area contributed by atoms with Crippen LogP contribution in [0.1, 0.15) is 36.1 Å². The maximum atomic E-state index is 13.1. The van der Waals surface area contributed by atoms with Crippen molar-refractivity contribution in [2.75, 3.05) is 5.32 Å². The molecule has 2 heterocycles. The zero-order chi connectivity index (χ0) is 20.3. The number of thioether (sulfide) groups is 1. The van der Waals surface area contributed by atoms with Gasteiger partial charge in [0, 0.05) is 22.8 Å². The minimum Gasteiger partial charge on any atom is -0.300 e. The summed E-state index contributed by atoms with van der Waals surface area (Å²) >= 11 is 4.47. The van der Waals surface area contributed by atoms with Gasteiger partial charge in [-0.05, 0) is 29.9 Å². The molecule has 0 atom stereocenters. The highest BCUT2D eigenvalue weighted by Crippen LogP contribution is 2.44. The van der Waals surface area contributed by atoms with E-state index in [1.165, 1.54) is 35.2 Å². The molecule has 2 aromatic heterocycles.